The van der Waals surface area contributed by atoms with Gasteiger partial charge in [0.1, 0.15) is 5.88 Å². The van der Waals surface area contributed by atoms with Crippen molar-refractivity contribution in [1.29, 1.82) is 0 Å². The summed E-state index contributed by atoms with van der Waals surface area (Å²) in [5.41, 5.74) is 2.43. The average Bonchev–Trinajstić information content (AvgIpc) is 2.74. The van der Waals surface area contributed by atoms with Crippen molar-refractivity contribution in [2.75, 3.05) is 11.9 Å². The van der Waals surface area contributed by atoms with Crippen LogP contribution in [-0.4, -0.2) is 16.8 Å². The Kier molecular flexibility index (Phi) is 4.62. The molecule has 1 heterocycles. The third kappa shape index (κ3) is 2.96. The monoisotopic (exact) mass is 316 g/mol. The second-order valence-corrected chi connectivity index (χ2v) is 5.44. The fourth-order valence-corrected chi connectivity index (χ4v) is 2.85. The molecular formula is C12H12BrClNS. The molecule has 1 radical (unpaired) electrons. The molecule has 0 aromatic heterocycles. The van der Waals surface area contributed by atoms with E-state index in [9.17, 15) is 0 Å². The molecule has 0 unspecified atom stereocenters. The molecule has 1 aromatic rings. The zero-order valence-electron chi connectivity index (χ0n) is 8.70. The van der Waals surface area contributed by atoms with Crippen LogP contribution < -0.4 is 0 Å². The van der Waals surface area contributed by atoms with Gasteiger partial charge in [0, 0.05) is 16.9 Å². The Morgan fingerprint density at radius 2 is 2.25 bits per heavy atom. The lowest BCUT2D eigenvalue weighted by atomic mass is 10.1. The largest absolute Gasteiger partial charge is 0.355 e. The number of nitrogens with zero attached hydrogens (tertiary/aromatic N) is 1. The van der Waals surface area contributed by atoms with Crippen LogP contribution >= 0.6 is 39.3 Å². The molecule has 0 spiro atoms. The fraction of sp³-hybridized carbons (Fsp3) is 0.250. The highest BCUT2D eigenvalue weighted by molar-refractivity contribution is 9.09. The summed E-state index contributed by atoms with van der Waals surface area (Å²) in [7, 11) is 0. The molecule has 0 bridgehead atoms. The minimum absolute atomic E-state index is 0.788. The SMILES string of the molecule is Clc1cccc(C2=CS[CH]N2CCCBr)c1. The molecule has 0 aliphatic carbocycles. The van der Waals surface area contributed by atoms with Crippen LogP contribution in [0.5, 0.6) is 0 Å². The van der Waals surface area contributed by atoms with Crippen LogP contribution in [0.1, 0.15) is 12.0 Å². The lowest BCUT2D eigenvalue weighted by Gasteiger charge is -2.20. The van der Waals surface area contributed by atoms with E-state index in [0.29, 0.717) is 0 Å². The van der Waals surface area contributed by atoms with Crippen LogP contribution in [0.4, 0.5) is 0 Å². The van der Waals surface area contributed by atoms with Crippen molar-refractivity contribution >= 4 is 45.0 Å². The first-order valence-corrected chi connectivity index (χ1v) is 7.53. The maximum absolute atomic E-state index is 6.01. The molecule has 0 saturated carbocycles. The van der Waals surface area contributed by atoms with Gasteiger partial charge in [-0.15, -0.1) is 11.8 Å². The van der Waals surface area contributed by atoms with Gasteiger partial charge in [0.2, 0.25) is 0 Å². The van der Waals surface area contributed by atoms with Gasteiger partial charge in [-0.25, -0.2) is 0 Å². The lowest BCUT2D eigenvalue weighted by Crippen LogP contribution is -2.16. The number of hydrogen-bond acceptors (Lipinski definition) is 2. The molecule has 16 heavy (non-hydrogen) atoms. The Balaban J connectivity index is 2.13. The van der Waals surface area contributed by atoms with Gasteiger partial charge >= 0.3 is 0 Å². The zero-order chi connectivity index (χ0) is 11.4. The van der Waals surface area contributed by atoms with Crippen LogP contribution in [0.15, 0.2) is 29.7 Å². The molecule has 85 valence electrons. The second-order valence-electron chi connectivity index (χ2n) is 3.49. The second kappa shape index (κ2) is 5.99. The molecule has 1 aromatic carbocycles. The van der Waals surface area contributed by atoms with Gasteiger partial charge in [-0.1, -0.05) is 39.7 Å². The van der Waals surface area contributed by atoms with Crippen molar-refractivity contribution < 1.29 is 0 Å². The van der Waals surface area contributed by atoms with Gasteiger partial charge in [-0.2, -0.15) is 0 Å². The number of benzene rings is 1. The van der Waals surface area contributed by atoms with E-state index in [2.05, 4.69) is 38.2 Å². The fourth-order valence-electron chi connectivity index (χ4n) is 1.58. The van der Waals surface area contributed by atoms with E-state index in [4.69, 9.17) is 11.6 Å². The molecule has 1 nitrogen and oxygen atoms in total. The number of alkyl halides is 1. The Hall–Kier alpha value is -0.120. The minimum atomic E-state index is 0.788. The summed E-state index contributed by atoms with van der Waals surface area (Å²) in [5, 5.41) is 3.99. The van der Waals surface area contributed by atoms with Crippen LogP contribution in [0, 0.1) is 5.88 Å². The van der Waals surface area contributed by atoms with Gasteiger partial charge in [-0.3, -0.25) is 0 Å². The topological polar surface area (TPSA) is 3.24 Å². The maximum Gasteiger partial charge on any atom is 0.109 e. The standard InChI is InChI=1S/C12H12BrClNS/c13-5-2-6-15-9-16-8-12(15)10-3-1-4-11(14)7-10/h1,3-4,7-9H,2,5-6H2. The molecule has 0 amide bonds. The molecule has 1 aliphatic heterocycles. The molecular weight excluding hydrogens is 306 g/mol. The molecule has 0 atom stereocenters. The highest BCUT2D eigenvalue weighted by atomic mass is 79.9. The summed E-state index contributed by atoms with van der Waals surface area (Å²) in [4.78, 5) is 2.28. The van der Waals surface area contributed by atoms with Crippen molar-refractivity contribution in [2.45, 2.75) is 6.42 Å². The molecule has 2 rings (SSSR count). The summed E-state index contributed by atoms with van der Waals surface area (Å²) in [6.45, 7) is 1.04. The molecule has 1 aliphatic rings. The van der Waals surface area contributed by atoms with Crippen molar-refractivity contribution in [3.05, 3.63) is 46.1 Å². The normalized spacial score (nSPS) is 15.4. The Morgan fingerprint density at radius 3 is 3.00 bits per heavy atom. The van der Waals surface area contributed by atoms with Crippen molar-refractivity contribution in [2.24, 2.45) is 0 Å². The van der Waals surface area contributed by atoms with Crippen molar-refractivity contribution in [3.63, 3.8) is 0 Å². The van der Waals surface area contributed by atoms with E-state index < -0.39 is 0 Å². The number of halogens is 2. The van der Waals surface area contributed by atoms with E-state index in [1.807, 2.05) is 18.2 Å². The number of rotatable bonds is 4. The minimum Gasteiger partial charge on any atom is -0.355 e. The van der Waals surface area contributed by atoms with Gasteiger partial charge in [0.25, 0.3) is 0 Å². The first-order valence-electron chi connectivity index (χ1n) is 5.09. The first kappa shape index (κ1) is 12.3. The number of thioether (sulfide) groups is 1. The third-order valence-corrected chi connectivity index (χ3v) is 3.86. The predicted octanol–water partition coefficient (Wildman–Crippen LogP) is 4.59. The average molecular weight is 318 g/mol. The van der Waals surface area contributed by atoms with Crippen LogP contribution in [0.3, 0.4) is 0 Å². The maximum atomic E-state index is 6.01. The third-order valence-electron chi connectivity index (χ3n) is 2.33. The summed E-state index contributed by atoms with van der Waals surface area (Å²) in [6, 6.07) is 8.00. The number of hydrogen-bond donors (Lipinski definition) is 0. The molecule has 0 N–H and O–H groups in total. The van der Waals surface area contributed by atoms with E-state index in [1.54, 1.807) is 11.8 Å². The molecule has 0 fully saturated rings. The highest BCUT2D eigenvalue weighted by Crippen LogP contribution is 2.34. The highest BCUT2D eigenvalue weighted by Gasteiger charge is 2.17. The summed E-state index contributed by atoms with van der Waals surface area (Å²) < 4.78 is 0. The van der Waals surface area contributed by atoms with Crippen molar-refractivity contribution in [3.8, 4) is 0 Å². The van der Waals surface area contributed by atoms with Crippen LogP contribution in [0.25, 0.3) is 5.70 Å². The smallest absolute Gasteiger partial charge is 0.109 e. The summed E-state index contributed by atoms with van der Waals surface area (Å²) >= 11 is 11.2. The first-order chi connectivity index (χ1) is 7.81. The van der Waals surface area contributed by atoms with Gasteiger partial charge in [-0.05, 0) is 29.5 Å². The van der Waals surface area contributed by atoms with Crippen LogP contribution in [-0.2, 0) is 0 Å². The van der Waals surface area contributed by atoms with Crippen LogP contribution in [0.2, 0.25) is 5.02 Å². The Bertz CT molecular complexity index is 394. The molecule has 0 saturated heterocycles. The lowest BCUT2D eigenvalue weighted by molar-refractivity contribution is 0.516. The quantitative estimate of drug-likeness (QED) is 0.747. The Labute approximate surface area is 114 Å². The summed E-state index contributed by atoms with van der Waals surface area (Å²) in [6.07, 6.45) is 1.13. The molecule has 4 heteroatoms. The zero-order valence-corrected chi connectivity index (χ0v) is 11.9. The predicted molar refractivity (Wildman–Crippen MR) is 76.4 cm³/mol. The van der Waals surface area contributed by atoms with Gasteiger partial charge < -0.3 is 4.90 Å². The Morgan fingerprint density at radius 1 is 1.38 bits per heavy atom. The van der Waals surface area contributed by atoms with Gasteiger partial charge in [0.05, 0.1) is 5.70 Å². The van der Waals surface area contributed by atoms with E-state index in [0.717, 1.165) is 23.3 Å². The van der Waals surface area contributed by atoms with Crippen molar-refractivity contribution in [1.82, 2.24) is 4.90 Å². The van der Waals surface area contributed by atoms with E-state index in [1.165, 1.54) is 11.3 Å². The van der Waals surface area contributed by atoms with Gasteiger partial charge in [0.15, 0.2) is 0 Å². The summed E-state index contributed by atoms with van der Waals surface area (Å²) in [5.74, 6) is 2.15. The van der Waals surface area contributed by atoms with E-state index in [-0.39, 0.29) is 0 Å². The van der Waals surface area contributed by atoms with E-state index >= 15 is 0 Å².